The van der Waals surface area contributed by atoms with Gasteiger partial charge in [-0.3, -0.25) is 4.79 Å². The van der Waals surface area contributed by atoms with Crippen molar-refractivity contribution >= 4 is 21.6 Å². The van der Waals surface area contributed by atoms with Crippen LogP contribution < -0.4 is 16.1 Å². The number of hydrogen-bond donors (Lipinski definition) is 1. The number of nitrogen functional groups attached to an aromatic ring is 1. The molecule has 0 amide bonds. The summed E-state index contributed by atoms with van der Waals surface area (Å²) in [7, 11) is 1.61. The molecule has 6 nitrogen and oxygen atoms in total. The molecule has 2 N–H and O–H groups in total. The highest BCUT2D eigenvalue weighted by Crippen LogP contribution is 2.37. The van der Waals surface area contributed by atoms with Crippen molar-refractivity contribution in [1.29, 1.82) is 0 Å². The van der Waals surface area contributed by atoms with Gasteiger partial charge in [0, 0.05) is 16.9 Å². The molecule has 0 spiro atoms. The number of nitrogens with two attached hydrogens (primary N) is 1. The predicted octanol–water partition coefficient (Wildman–Crippen LogP) is 2.70. The van der Waals surface area contributed by atoms with Gasteiger partial charge in [0.2, 0.25) is 0 Å². The minimum Gasteiger partial charge on any atom is -0.497 e. The van der Waals surface area contributed by atoms with Gasteiger partial charge in [0.05, 0.1) is 24.7 Å². The maximum atomic E-state index is 12.9. The second kappa shape index (κ2) is 5.57. The minimum atomic E-state index is -0.290. The van der Waals surface area contributed by atoms with E-state index in [2.05, 4.69) is 4.98 Å². The minimum absolute atomic E-state index is 0.217. The summed E-state index contributed by atoms with van der Waals surface area (Å²) < 4.78 is 12.2. The van der Waals surface area contributed by atoms with Gasteiger partial charge < -0.3 is 15.3 Å². The van der Waals surface area contributed by atoms with Crippen molar-refractivity contribution in [3.8, 4) is 17.1 Å². The summed E-state index contributed by atoms with van der Waals surface area (Å²) in [5.41, 5.74) is 1.28. The molecule has 0 aliphatic carbocycles. The largest absolute Gasteiger partial charge is 0.497 e. The Morgan fingerprint density at radius 3 is 2.72 bits per heavy atom. The first-order valence-corrected chi connectivity index (χ1v) is 8.82. The molecule has 130 valence electrons. The standard InChI is InChI=1S/C18H19N3O3S/c1-18(2)8-12-13(9-24-18)25-16-14(12)17(22)21(19)15(20-16)10-4-6-11(23-3)7-5-10/h4-7H,8-9,19H2,1-3H3. The van der Waals surface area contributed by atoms with Crippen LogP contribution in [0.3, 0.4) is 0 Å². The zero-order valence-corrected chi connectivity index (χ0v) is 15.1. The lowest BCUT2D eigenvalue weighted by Gasteiger charge is -2.29. The van der Waals surface area contributed by atoms with Crippen LogP contribution in [0.5, 0.6) is 5.75 Å². The Morgan fingerprint density at radius 1 is 1.32 bits per heavy atom. The molecule has 1 aliphatic heterocycles. The first-order chi connectivity index (χ1) is 11.9. The van der Waals surface area contributed by atoms with Crippen molar-refractivity contribution in [2.45, 2.75) is 32.5 Å². The maximum absolute atomic E-state index is 12.9. The zero-order valence-electron chi connectivity index (χ0n) is 14.3. The van der Waals surface area contributed by atoms with Crippen molar-refractivity contribution < 1.29 is 9.47 Å². The summed E-state index contributed by atoms with van der Waals surface area (Å²) in [5.74, 6) is 7.28. The Labute approximate surface area is 148 Å². The fraction of sp³-hybridized carbons (Fsp3) is 0.333. The Bertz CT molecular complexity index is 1020. The van der Waals surface area contributed by atoms with E-state index in [1.165, 1.54) is 11.3 Å². The molecular formula is C18H19N3O3S. The molecule has 1 aliphatic rings. The number of rotatable bonds is 2. The van der Waals surface area contributed by atoms with E-state index >= 15 is 0 Å². The highest BCUT2D eigenvalue weighted by atomic mass is 32.1. The number of fused-ring (bicyclic) bond motifs is 3. The lowest BCUT2D eigenvalue weighted by molar-refractivity contribution is -0.0379. The fourth-order valence-corrected chi connectivity index (χ4v) is 4.24. The van der Waals surface area contributed by atoms with Gasteiger partial charge >= 0.3 is 0 Å². The van der Waals surface area contributed by atoms with Gasteiger partial charge in [0.25, 0.3) is 5.56 Å². The summed E-state index contributed by atoms with van der Waals surface area (Å²) in [6.07, 6.45) is 0.682. The van der Waals surface area contributed by atoms with Crippen molar-refractivity contribution in [2.75, 3.05) is 13.0 Å². The molecule has 3 aromatic rings. The summed E-state index contributed by atoms with van der Waals surface area (Å²) >= 11 is 1.51. The monoisotopic (exact) mass is 357 g/mol. The molecule has 4 rings (SSSR count). The van der Waals surface area contributed by atoms with Gasteiger partial charge in [0.15, 0.2) is 5.82 Å². The quantitative estimate of drug-likeness (QED) is 0.714. The van der Waals surface area contributed by atoms with Crippen LogP contribution in [0.4, 0.5) is 0 Å². The average Bonchev–Trinajstić information content (AvgIpc) is 2.94. The Hall–Kier alpha value is -2.38. The predicted molar refractivity (Wildman–Crippen MR) is 98.6 cm³/mol. The van der Waals surface area contributed by atoms with Crippen molar-refractivity contribution in [2.24, 2.45) is 0 Å². The molecule has 0 atom stereocenters. The Balaban J connectivity index is 1.92. The van der Waals surface area contributed by atoms with Gasteiger partial charge in [-0.2, -0.15) is 0 Å². The molecule has 7 heteroatoms. The molecule has 2 aromatic heterocycles. The Kier molecular flexibility index (Phi) is 3.59. The summed E-state index contributed by atoms with van der Waals surface area (Å²) in [6.45, 7) is 4.56. The maximum Gasteiger partial charge on any atom is 0.281 e. The molecule has 0 bridgehead atoms. The normalized spacial score (nSPS) is 16.0. The van der Waals surface area contributed by atoms with E-state index in [4.69, 9.17) is 15.3 Å². The first-order valence-electron chi connectivity index (χ1n) is 8.00. The van der Waals surface area contributed by atoms with E-state index < -0.39 is 0 Å². The van der Waals surface area contributed by atoms with Gasteiger partial charge in [-0.1, -0.05) is 0 Å². The summed E-state index contributed by atoms with van der Waals surface area (Å²) in [5, 5.41) is 0.621. The van der Waals surface area contributed by atoms with Crippen molar-refractivity contribution in [3.05, 3.63) is 45.1 Å². The molecule has 3 heterocycles. The highest BCUT2D eigenvalue weighted by molar-refractivity contribution is 7.18. The molecule has 1 aromatic carbocycles. The van der Waals surface area contributed by atoms with Gasteiger partial charge in [-0.25, -0.2) is 9.66 Å². The summed E-state index contributed by atoms with van der Waals surface area (Å²) in [4.78, 5) is 19.4. The van der Waals surface area contributed by atoms with Crippen LogP contribution in [0.2, 0.25) is 0 Å². The van der Waals surface area contributed by atoms with E-state index in [0.29, 0.717) is 29.1 Å². The molecule has 0 saturated carbocycles. The third-order valence-corrected chi connectivity index (χ3v) is 5.58. The zero-order chi connectivity index (χ0) is 17.8. The van der Waals surface area contributed by atoms with Crippen LogP contribution in [-0.2, 0) is 17.8 Å². The van der Waals surface area contributed by atoms with Crippen LogP contribution in [0.25, 0.3) is 21.6 Å². The van der Waals surface area contributed by atoms with Crippen LogP contribution >= 0.6 is 11.3 Å². The molecule has 25 heavy (non-hydrogen) atoms. The van der Waals surface area contributed by atoms with Crippen LogP contribution in [0, 0.1) is 0 Å². The van der Waals surface area contributed by atoms with Crippen LogP contribution in [0.15, 0.2) is 29.1 Å². The van der Waals surface area contributed by atoms with E-state index in [0.717, 1.165) is 26.4 Å². The number of aromatic nitrogens is 2. The smallest absolute Gasteiger partial charge is 0.281 e. The van der Waals surface area contributed by atoms with Gasteiger partial charge in [-0.05, 0) is 43.7 Å². The number of methoxy groups -OCH3 is 1. The fourth-order valence-electron chi connectivity index (χ4n) is 3.15. The van der Waals surface area contributed by atoms with E-state index in [1.54, 1.807) is 7.11 Å². The highest BCUT2D eigenvalue weighted by Gasteiger charge is 2.31. The average molecular weight is 357 g/mol. The topological polar surface area (TPSA) is 79.4 Å². The van der Waals surface area contributed by atoms with Crippen molar-refractivity contribution in [3.63, 3.8) is 0 Å². The van der Waals surface area contributed by atoms with E-state index in [1.807, 2.05) is 38.1 Å². The number of nitrogens with zero attached hydrogens (tertiary/aromatic N) is 2. The number of benzene rings is 1. The molecule has 0 saturated heterocycles. The summed E-state index contributed by atoms with van der Waals surface area (Å²) in [6, 6.07) is 7.33. The van der Waals surface area contributed by atoms with E-state index in [9.17, 15) is 4.79 Å². The first kappa shape index (κ1) is 16.1. The van der Waals surface area contributed by atoms with Crippen molar-refractivity contribution in [1.82, 2.24) is 9.66 Å². The second-order valence-electron chi connectivity index (χ2n) is 6.75. The molecule has 0 fully saturated rings. The Morgan fingerprint density at radius 2 is 2.04 bits per heavy atom. The van der Waals surface area contributed by atoms with Gasteiger partial charge in [0.1, 0.15) is 10.6 Å². The second-order valence-corrected chi connectivity index (χ2v) is 7.83. The third kappa shape index (κ3) is 2.60. The molecule has 0 unspecified atom stereocenters. The lowest BCUT2D eigenvalue weighted by Crippen LogP contribution is -2.33. The number of thiophene rings is 1. The SMILES string of the molecule is COc1ccc(-c2nc3sc4c(c3c(=O)n2N)CC(C)(C)OC4)cc1. The van der Waals surface area contributed by atoms with Gasteiger partial charge in [-0.15, -0.1) is 11.3 Å². The third-order valence-electron chi connectivity index (χ3n) is 4.49. The molecule has 0 radical (unpaired) electrons. The van der Waals surface area contributed by atoms with Crippen LogP contribution in [-0.4, -0.2) is 22.4 Å². The number of ether oxygens (including phenoxy) is 2. The lowest BCUT2D eigenvalue weighted by atomic mass is 9.94. The molecular weight excluding hydrogens is 338 g/mol. The number of hydrogen-bond acceptors (Lipinski definition) is 6. The van der Waals surface area contributed by atoms with E-state index in [-0.39, 0.29) is 11.2 Å². The van der Waals surface area contributed by atoms with Crippen LogP contribution in [0.1, 0.15) is 24.3 Å².